The number of hydrogen-bond acceptors (Lipinski definition) is 5. The fourth-order valence-electron chi connectivity index (χ4n) is 2.54. The van der Waals surface area contributed by atoms with Gasteiger partial charge in [-0.05, 0) is 42.7 Å². The topological polar surface area (TPSA) is 68.5 Å². The summed E-state index contributed by atoms with van der Waals surface area (Å²) in [5.41, 5.74) is 1.21. The van der Waals surface area contributed by atoms with Crippen LogP contribution in [0.4, 0.5) is 0 Å². The SMILES string of the molecule is CSCCn1c(=NC(=O)c2cccc(S(C)(=O)=O)c2)sc2cc(Cl)ccc21. The van der Waals surface area contributed by atoms with Gasteiger partial charge in [0.2, 0.25) is 0 Å². The lowest BCUT2D eigenvalue weighted by atomic mass is 10.2. The number of aromatic nitrogens is 1. The van der Waals surface area contributed by atoms with Crippen LogP contribution in [0.2, 0.25) is 5.02 Å². The van der Waals surface area contributed by atoms with Crippen LogP contribution < -0.4 is 4.80 Å². The van der Waals surface area contributed by atoms with Crippen molar-refractivity contribution < 1.29 is 13.2 Å². The molecular weight excluding hydrogens is 424 g/mol. The van der Waals surface area contributed by atoms with E-state index in [1.807, 2.05) is 29.0 Å². The van der Waals surface area contributed by atoms with Gasteiger partial charge in [-0.3, -0.25) is 4.79 Å². The first-order valence-corrected chi connectivity index (χ1v) is 12.4. The molecule has 27 heavy (non-hydrogen) atoms. The van der Waals surface area contributed by atoms with Gasteiger partial charge >= 0.3 is 0 Å². The lowest BCUT2D eigenvalue weighted by Gasteiger charge is -2.04. The normalized spacial score (nSPS) is 12.6. The molecule has 1 heterocycles. The number of hydrogen-bond donors (Lipinski definition) is 0. The van der Waals surface area contributed by atoms with Crippen molar-refractivity contribution in [1.29, 1.82) is 0 Å². The van der Waals surface area contributed by atoms with Gasteiger partial charge in [0, 0.05) is 29.1 Å². The standard InChI is InChI=1S/C18H17ClN2O3S3/c1-25-9-8-21-15-7-6-13(19)11-16(15)26-18(21)20-17(22)12-4-3-5-14(10-12)27(2,23)24/h3-7,10-11H,8-9H2,1-2H3. The molecule has 0 radical (unpaired) electrons. The van der Waals surface area contributed by atoms with E-state index >= 15 is 0 Å². The van der Waals surface area contributed by atoms with Crippen LogP contribution in [0.25, 0.3) is 10.2 Å². The Balaban J connectivity index is 2.11. The third-order valence-electron chi connectivity index (χ3n) is 3.87. The number of rotatable bonds is 5. The number of benzene rings is 2. The molecule has 0 atom stereocenters. The number of thiazole rings is 1. The molecule has 5 nitrogen and oxygen atoms in total. The van der Waals surface area contributed by atoms with E-state index in [1.165, 1.54) is 23.5 Å². The zero-order chi connectivity index (χ0) is 19.6. The Morgan fingerprint density at radius 1 is 1.26 bits per heavy atom. The second-order valence-electron chi connectivity index (χ2n) is 5.86. The van der Waals surface area contributed by atoms with Crippen molar-refractivity contribution in [3.63, 3.8) is 0 Å². The van der Waals surface area contributed by atoms with Crippen molar-refractivity contribution in [1.82, 2.24) is 4.57 Å². The number of carbonyl (C=O) groups excluding carboxylic acids is 1. The molecule has 0 saturated carbocycles. The van der Waals surface area contributed by atoms with E-state index in [0.29, 0.717) is 16.4 Å². The monoisotopic (exact) mass is 440 g/mol. The summed E-state index contributed by atoms with van der Waals surface area (Å²) in [6, 6.07) is 11.5. The average Bonchev–Trinajstić information content (AvgIpc) is 2.95. The van der Waals surface area contributed by atoms with Crippen LogP contribution in [0.1, 0.15) is 10.4 Å². The maximum Gasteiger partial charge on any atom is 0.279 e. The summed E-state index contributed by atoms with van der Waals surface area (Å²) in [6.45, 7) is 0.707. The molecule has 0 unspecified atom stereocenters. The molecule has 1 aromatic heterocycles. The van der Waals surface area contributed by atoms with Gasteiger partial charge in [-0.1, -0.05) is 29.0 Å². The van der Waals surface area contributed by atoms with Crippen molar-refractivity contribution in [3.05, 3.63) is 57.9 Å². The minimum absolute atomic E-state index is 0.0990. The highest BCUT2D eigenvalue weighted by molar-refractivity contribution is 7.98. The number of halogens is 1. The smallest absolute Gasteiger partial charge is 0.279 e. The minimum atomic E-state index is -3.39. The first kappa shape index (κ1) is 20.1. The second kappa shape index (κ2) is 8.18. The molecule has 0 aliphatic carbocycles. The number of sulfone groups is 1. The fourth-order valence-corrected chi connectivity index (χ4v) is 4.90. The van der Waals surface area contributed by atoms with Crippen molar-refractivity contribution in [2.45, 2.75) is 11.4 Å². The van der Waals surface area contributed by atoms with E-state index < -0.39 is 15.7 Å². The quantitative estimate of drug-likeness (QED) is 0.604. The Kier molecular flexibility index (Phi) is 6.10. The third-order valence-corrected chi connectivity index (χ3v) is 6.85. The Morgan fingerprint density at radius 2 is 2.04 bits per heavy atom. The zero-order valence-electron chi connectivity index (χ0n) is 14.7. The molecule has 0 spiro atoms. The van der Waals surface area contributed by atoms with E-state index in [2.05, 4.69) is 4.99 Å². The molecule has 142 valence electrons. The van der Waals surface area contributed by atoms with Gasteiger partial charge in [0.25, 0.3) is 5.91 Å². The Bertz CT molecular complexity index is 1180. The van der Waals surface area contributed by atoms with E-state index in [-0.39, 0.29) is 10.5 Å². The van der Waals surface area contributed by atoms with Crippen molar-refractivity contribution in [2.24, 2.45) is 4.99 Å². The van der Waals surface area contributed by atoms with Crippen molar-refractivity contribution >= 4 is 60.7 Å². The molecule has 3 aromatic rings. The van der Waals surface area contributed by atoms with Gasteiger partial charge in [0.05, 0.1) is 15.1 Å². The van der Waals surface area contributed by atoms with Gasteiger partial charge in [0.15, 0.2) is 14.6 Å². The van der Waals surface area contributed by atoms with E-state index in [4.69, 9.17) is 11.6 Å². The van der Waals surface area contributed by atoms with Crippen molar-refractivity contribution in [2.75, 3.05) is 18.3 Å². The molecular formula is C18H17ClN2O3S3. The Labute approximate surface area is 170 Å². The third kappa shape index (κ3) is 4.63. The Morgan fingerprint density at radius 3 is 2.74 bits per heavy atom. The van der Waals surface area contributed by atoms with E-state index in [0.717, 1.165) is 22.2 Å². The molecule has 9 heteroatoms. The van der Waals surface area contributed by atoms with E-state index in [9.17, 15) is 13.2 Å². The summed E-state index contributed by atoms with van der Waals surface area (Å²) in [7, 11) is -3.39. The number of carbonyl (C=O) groups is 1. The van der Waals surface area contributed by atoms with Crippen LogP contribution in [0.3, 0.4) is 0 Å². The molecule has 0 aliphatic heterocycles. The van der Waals surface area contributed by atoms with Crippen LogP contribution in [0.15, 0.2) is 52.4 Å². The number of aryl methyl sites for hydroxylation is 1. The zero-order valence-corrected chi connectivity index (χ0v) is 17.9. The lowest BCUT2D eigenvalue weighted by molar-refractivity contribution is 0.0997. The number of fused-ring (bicyclic) bond motifs is 1. The average molecular weight is 441 g/mol. The summed E-state index contributed by atoms with van der Waals surface area (Å²) in [4.78, 5) is 17.6. The number of thioether (sulfide) groups is 1. The fraction of sp³-hybridized carbons (Fsp3) is 0.222. The highest BCUT2D eigenvalue weighted by Gasteiger charge is 2.13. The maximum absolute atomic E-state index is 12.7. The summed E-state index contributed by atoms with van der Waals surface area (Å²) >= 11 is 9.17. The second-order valence-corrected chi connectivity index (χ2v) is 10.3. The largest absolute Gasteiger partial charge is 0.316 e. The molecule has 2 aromatic carbocycles. The number of nitrogens with zero attached hydrogens (tertiary/aromatic N) is 2. The van der Waals surface area contributed by atoms with Gasteiger partial charge in [-0.2, -0.15) is 16.8 Å². The van der Waals surface area contributed by atoms with Crippen LogP contribution in [0, 0.1) is 0 Å². The molecule has 0 N–H and O–H groups in total. The molecule has 1 amide bonds. The van der Waals surface area contributed by atoms with Gasteiger partial charge in [-0.15, -0.1) is 0 Å². The first-order chi connectivity index (χ1) is 12.8. The summed E-state index contributed by atoms with van der Waals surface area (Å²) in [6.07, 6.45) is 3.13. The predicted molar refractivity (Wildman–Crippen MR) is 113 cm³/mol. The minimum Gasteiger partial charge on any atom is -0.316 e. The number of amides is 1. The molecule has 0 saturated heterocycles. The Hall–Kier alpha value is -1.61. The van der Waals surface area contributed by atoms with Gasteiger partial charge in [-0.25, -0.2) is 8.42 Å². The van der Waals surface area contributed by atoms with Crippen LogP contribution in [0.5, 0.6) is 0 Å². The molecule has 0 fully saturated rings. The van der Waals surface area contributed by atoms with E-state index in [1.54, 1.807) is 23.9 Å². The predicted octanol–water partition coefficient (Wildman–Crippen LogP) is 3.86. The maximum atomic E-state index is 12.7. The highest BCUT2D eigenvalue weighted by Crippen LogP contribution is 2.22. The lowest BCUT2D eigenvalue weighted by Crippen LogP contribution is -2.18. The summed E-state index contributed by atoms with van der Waals surface area (Å²) in [5, 5.41) is 0.625. The van der Waals surface area contributed by atoms with Crippen LogP contribution in [-0.4, -0.2) is 37.2 Å². The molecule has 3 rings (SSSR count). The van der Waals surface area contributed by atoms with Crippen LogP contribution in [-0.2, 0) is 16.4 Å². The van der Waals surface area contributed by atoms with Gasteiger partial charge in [0.1, 0.15) is 0 Å². The summed E-state index contributed by atoms with van der Waals surface area (Å²) in [5.74, 6) is 0.399. The highest BCUT2D eigenvalue weighted by atomic mass is 35.5. The first-order valence-electron chi connectivity index (χ1n) is 7.96. The summed E-state index contributed by atoms with van der Waals surface area (Å²) < 4.78 is 26.4. The van der Waals surface area contributed by atoms with Crippen molar-refractivity contribution in [3.8, 4) is 0 Å². The van der Waals surface area contributed by atoms with Crippen LogP contribution >= 0.6 is 34.7 Å². The molecule has 0 aliphatic rings. The molecule has 0 bridgehead atoms. The van der Waals surface area contributed by atoms with Gasteiger partial charge < -0.3 is 4.57 Å².